The van der Waals surface area contributed by atoms with Gasteiger partial charge < -0.3 is 9.26 Å². The molecule has 1 atom stereocenters. The number of ether oxygens (including phenoxy) is 1. The van der Waals surface area contributed by atoms with Gasteiger partial charge in [0.2, 0.25) is 8.03 Å². The lowest BCUT2D eigenvalue weighted by molar-refractivity contribution is -0.140. The molecule has 0 saturated carbocycles. The van der Waals surface area contributed by atoms with Gasteiger partial charge >= 0.3 is 14.7 Å². The Morgan fingerprint density at radius 2 is 1.81 bits per heavy atom. The summed E-state index contributed by atoms with van der Waals surface area (Å²) >= 11 is 0. The second-order valence-corrected chi connectivity index (χ2v) is 3.85. The SMILES string of the molecule is CCOC(=O)C[P](=O)OCC.CCOP=O. The quantitative estimate of drug-likeness (QED) is 0.523. The van der Waals surface area contributed by atoms with Crippen molar-refractivity contribution in [1.29, 1.82) is 0 Å². The minimum absolute atomic E-state index is 0.142. The van der Waals surface area contributed by atoms with Crippen LogP contribution in [0.5, 0.6) is 0 Å². The zero-order chi connectivity index (χ0) is 12.8. The average molecular weight is 271 g/mol. The zero-order valence-electron chi connectivity index (χ0n) is 9.67. The van der Waals surface area contributed by atoms with E-state index in [1.54, 1.807) is 20.8 Å². The minimum Gasteiger partial charge on any atom is -0.465 e. The van der Waals surface area contributed by atoms with Crippen LogP contribution in [0.4, 0.5) is 0 Å². The highest BCUT2D eigenvalue weighted by atomic mass is 31.1. The summed E-state index contributed by atoms with van der Waals surface area (Å²) in [5.41, 5.74) is 0. The predicted octanol–water partition coefficient (Wildman–Crippen LogP) is 2.56. The topological polar surface area (TPSA) is 78.9 Å². The van der Waals surface area contributed by atoms with Crippen LogP contribution in [0, 0.1) is 0 Å². The zero-order valence-corrected chi connectivity index (χ0v) is 11.5. The number of esters is 1. The molecule has 0 rings (SSSR count). The summed E-state index contributed by atoms with van der Waals surface area (Å²) in [6, 6.07) is 0. The summed E-state index contributed by atoms with van der Waals surface area (Å²) in [4.78, 5) is 10.6. The third-order valence-corrected chi connectivity index (χ3v) is 2.44. The Hall–Kier alpha value is -0.410. The summed E-state index contributed by atoms with van der Waals surface area (Å²) in [7, 11) is -2.08. The first kappa shape index (κ1) is 18.0. The van der Waals surface area contributed by atoms with E-state index >= 15 is 0 Å². The highest BCUT2D eigenvalue weighted by Gasteiger charge is 2.08. The van der Waals surface area contributed by atoms with Gasteiger partial charge in [0.05, 0.1) is 19.8 Å². The summed E-state index contributed by atoms with van der Waals surface area (Å²) in [5.74, 6) is -0.470. The van der Waals surface area contributed by atoms with E-state index in [9.17, 15) is 13.9 Å². The number of hydrogen-bond donors (Lipinski definition) is 0. The Kier molecular flexibility index (Phi) is 16.4. The molecule has 0 fully saturated rings. The molecule has 0 heterocycles. The second-order valence-electron chi connectivity index (χ2n) is 2.21. The standard InChI is InChI=1S/C6H12O4P.C2H5O2P/c1-3-9-6(7)5-11(8)10-4-2;1-2-4-5-3/h3-5H2,1-2H3;2H2,1H3. The molecule has 0 aromatic heterocycles. The Bertz CT molecular complexity index is 193. The Balaban J connectivity index is 0. The van der Waals surface area contributed by atoms with E-state index in [0.717, 1.165) is 0 Å². The molecule has 0 N–H and O–H groups in total. The monoisotopic (exact) mass is 271 g/mol. The number of hydrogen-bond acceptors (Lipinski definition) is 6. The van der Waals surface area contributed by atoms with Crippen LogP contribution < -0.4 is 0 Å². The Labute approximate surface area is 97.8 Å². The molecule has 0 amide bonds. The molecule has 0 aromatic carbocycles. The van der Waals surface area contributed by atoms with Crippen molar-refractivity contribution in [2.45, 2.75) is 20.8 Å². The van der Waals surface area contributed by atoms with Gasteiger partial charge in [-0.15, -0.1) is 0 Å². The molecular formula is C8H17O6P2. The van der Waals surface area contributed by atoms with E-state index in [1.165, 1.54) is 0 Å². The lowest BCUT2D eigenvalue weighted by Gasteiger charge is -1.99. The van der Waals surface area contributed by atoms with Crippen molar-refractivity contribution in [3.63, 3.8) is 0 Å². The van der Waals surface area contributed by atoms with Crippen LogP contribution in [-0.2, 0) is 27.7 Å². The van der Waals surface area contributed by atoms with Gasteiger partial charge in [0, 0.05) is 0 Å². The van der Waals surface area contributed by atoms with Crippen LogP contribution in [0.15, 0.2) is 0 Å². The van der Waals surface area contributed by atoms with Crippen molar-refractivity contribution in [2.75, 3.05) is 26.0 Å². The maximum atomic E-state index is 10.8. The molecule has 1 radical (unpaired) electrons. The van der Waals surface area contributed by atoms with E-state index < -0.39 is 14.0 Å². The lowest BCUT2D eigenvalue weighted by Crippen LogP contribution is -2.06. The second kappa shape index (κ2) is 14.6. The molecule has 0 aliphatic carbocycles. The van der Waals surface area contributed by atoms with Gasteiger partial charge in [-0.1, -0.05) is 0 Å². The van der Waals surface area contributed by atoms with Crippen molar-refractivity contribution in [1.82, 2.24) is 0 Å². The highest BCUT2D eigenvalue weighted by molar-refractivity contribution is 7.40. The maximum absolute atomic E-state index is 10.8. The molecule has 8 heteroatoms. The van der Waals surface area contributed by atoms with Crippen molar-refractivity contribution in [3.05, 3.63) is 0 Å². The molecule has 6 nitrogen and oxygen atoms in total. The molecule has 0 aliphatic rings. The van der Waals surface area contributed by atoms with Gasteiger partial charge in [-0.3, -0.25) is 13.9 Å². The molecule has 0 saturated heterocycles. The van der Waals surface area contributed by atoms with Crippen LogP contribution in [-0.4, -0.2) is 32.0 Å². The fourth-order valence-corrected chi connectivity index (χ4v) is 1.34. The first-order valence-corrected chi connectivity index (χ1v) is 6.89. The van der Waals surface area contributed by atoms with Gasteiger partial charge in [0.15, 0.2) is 0 Å². The van der Waals surface area contributed by atoms with E-state index in [-0.39, 0.29) is 14.8 Å². The maximum Gasteiger partial charge on any atom is 0.327 e. The molecule has 0 aromatic rings. The molecule has 16 heavy (non-hydrogen) atoms. The Morgan fingerprint density at radius 3 is 2.12 bits per heavy atom. The molecule has 0 spiro atoms. The third-order valence-electron chi connectivity index (χ3n) is 1.02. The van der Waals surface area contributed by atoms with Gasteiger partial charge in [-0.25, -0.2) is 4.57 Å². The van der Waals surface area contributed by atoms with Crippen molar-refractivity contribution < 1.29 is 27.7 Å². The number of carbonyl (C=O) groups is 1. The predicted molar refractivity (Wildman–Crippen MR) is 60.0 cm³/mol. The first-order chi connectivity index (χ1) is 7.62. The van der Waals surface area contributed by atoms with Crippen LogP contribution in [0.3, 0.4) is 0 Å². The van der Waals surface area contributed by atoms with Gasteiger partial charge in [-0.2, -0.15) is 0 Å². The molecule has 0 aliphatic heterocycles. The summed E-state index contributed by atoms with van der Waals surface area (Å²) in [6.45, 7) is 6.39. The highest BCUT2D eigenvalue weighted by Crippen LogP contribution is 2.20. The van der Waals surface area contributed by atoms with E-state index in [2.05, 4.69) is 13.8 Å². The largest absolute Gasteiger partial charge is 0.465 e. The van der Waals surface area contributed by atoms with Gasteiger partial charge in [0.1, 0.15) is 6.16 Å². The van der Waals surface area contributed by atoms with Gasteiger partial charge in [0.25, 0.3) is 0 Å². The van der Waals surface area contributed by atoms with Crippen LogP contribution in [0.25, 0.3) is 0 Å². The fraction of sp³-hybridized carbons (Fsp3) is 0.875. The molecule has 1 unspecified atom stereocenters. The average Bonchev–Trinajstić information content (AvgIpc) is 2.20. The Morgan fingerprint density at radius 1 is 1.19 bits per heavy atom. The van der Waals surface area contributed by atoms with E-state index in [1.807, 2.05) is 0 Å². The summed E-state index contributed by atoms with van der Waals surface area (Å²) < 4.78 is 33.5. The van der Waals surface area contributed by atoms with Crippen LogP contribution in [0.2, 0.25) is 0 Å². The smallest absolute Gasteiger partial charge is 0.327 e. The minimum atomic E-state index is -1.86. The molecule has 95 valence electrons. The van der Waals surface area contributed by atoms with Crippen molar-refractivity contribution >= 4 is 22.7 Å². The van der Waals surface area contributed by atoms with Gasteiger partial charge in [-0.05, 0) is 20.8 Å². The van der Waals surface area contributed by atoms with E-state index in [4.69, 9.17) is 0 Å². The molecular weight excluding hydrogens is 254 g/mol. The molecule has 0 bridgehead atoms. The number of carbonyl (C=O) groups excluding carboxylic acids is 1. The first-order valence-electron chi connectivity index (χ1n) is 4.80. The normalized spacial score (nSPS) is 10.3. The summed E-state index contributed by atoms with van der Waals surface area (Å²) in [6.07, 6.45) is -0.142. The van der Waals surface area contributed by atoms with Crippen LogP contribution in [0.1, 0.15) is 20.8 Å². The number of rotatable bonds is 7. The van der Waals surface area contributed by atoms with Crippen molar-refractivity contribution in [3.8, 4) is 0 Å². The fourth-order valence-electron chi connectivity index (χ4n) is 0.554. The van der Waals surface area contributed by atoms with Crippen molar-refractivity contribution in [2.24, 2.45) is 0 Å². The van der Waals surface area contributed by atoms with E-state index in [0.29, 0.717) is 19.8 Å². The van der Waals surface area contributed by atoms with Crippen LogP contribution >= 0.6 is 16.7 Å². The summed E-state index contributed by atoms with van der Waals surface area (Å²) in [5, 5.41) is 0. The third kappa shape index (κ3) is 16.0. The lowest BCUT2D eigenvalue weighted by atomic mass is 10.8.